The Morgan fingerprint density at radius 3 is 2.06 bits per heavy atom. The summed E-state index contributed by atoms with van der Waals surface area (Å²) in [6, 6.07) is 1.15. The second-order valence-electron chi connectivity index (χ2n) is 4.78. The molecule has 0 amide bonds. The molecule has 0 spiro atoms. The van der Waals surface area contributed by atoms with Gasteiger partial charge in [0.25, 0.3) is 5.56 Å². The van der Waals surface area contributed by atoms with Gasteiger partial charge in [-0.2, -0.15) is 13.2 Å². The zero-order valence-electron chi connectivity index (χ0n) is 10.00. The van der Waals surface area contributed by atoms with E-state index in [0.717, 1.165) is 0 Å². The molecule has 7 heteroatoms. The molecule has 1 rings (SSSR count). The summed E-state index contributed by atoms with van der Waals surface area (Å²) in [4.78, 5) is 22.3. The van der Waals surface area contributed by atoms with Crippen molar-refractivity contribution >= 4 is 5.97 Å². The summed E-state index contributed by atoms with van der Waals surface area (Å²) in [6.07, 6.45) is -4.79. The lowest BCUT2D eigenvalue weighted by Gasteiger charge is -2.27. The Hall–Kier alpha value is -1.79. The highest BCUT2D eigenvalue weighted by Gasteiger charge is 2.38. The first-order valence-electron chi connectivity index (χ1n) is 5.02. The maximum absolute atomic E-state index is 12.8. The van der Waals surface area contributed by atoms with Crippen molar-refractivity contribution in [1.82, 2.24) is 4.57 Å². The summed E-state index contributed by atoms with van der Waals surface area (Å²) in [6.45, 7) is 4.30. The van der Waals surface area contributed by atoms with Crippen LogP contribution in [-0.2, 0) is 11.7 Å². The standard InChI is InChI=1S/C11H12F3NO3/c1-10(2,3)15-7(11(12,13)14)4-6(9(17)18)5-8(15)16/h4-5H,1-3H3,(H,17,18). The number of halogens is 3. The van der Waals surface area contributed by atoms with Gasteiger partial charge in [0.2, 0.25) is 0 Å². The Kier molecular flexibility index (Phi) is 3.29. The molecule has 0 aliphatic rings. The molecule has 4 nitrogen and oxygen atoms in total. The summed E-state index contributed by atoms with van der Waals surface area (Å²) in [7, 11) is 0. The normalized spacial score (nSPS) is 12.6. The lowest BCUT2D eigenvalue weighted by Crippen LogP contribution is -2.39. The predicted molar refractivity (Wildman–Crippen MR) is 57.7 cm³/mol. The van der Waals surface area contributed by atoms with Gasteiger partial charge in [-0.1, -0.05) is 0 Å². The van der Waals surface area contributed by atoms with Crippen LogP contribution in [-0.4, -0.2) is 15.6 Å². The van der Waals surface area contributed by atoms with Gasteiger partial charge in [-0.05, 0) is 26.8 Å². The zero-order valence-corrected chi connectivity index (χ0v) is 10.00. The minimum absolute atomic E-state index is 0.467. The lowest BCUT2D eigenvalue weighted by molar-refractivity contribution is -0.146. The molecule has 0 aliphatic carbocycles. The second kappa shape index (κ2) is 4.15. The van der Waals surface area contributed by atoms with Crippen molar-refractivity contribution in [2.45, 2.75) is 32.5 Å². The first-order valence-corrected chi connectivity index (χ1v) is 5.02. The SMILES string of the molecule is CC(C)(C)n1c(C(F)(F)F)cc(C(=O)O)cc1=O. The Bertz CT molecular complexity index is 538. The Morgan fingerprint density at radius 2 is 1.72 bits per heavy atom. The van der Waals surface area contributed by atoms with E-state index in [1.807, 2.05) is 0 Å². The first kappa shape index (κ1) is 14.3. The van der Waals surface area contributed by atoms with Crippen LogP contribution in [0.5, 0.6) is 0 Å². The number of carbonyl (C=O) groups is 1. The Balaban J connectivity index is 3.73. The molecule has 0 radical (unpaired) electrons. The maximum Gasteiger partial charge on any atom is 0.431 e. The smallest absolute Gasteiger partial charge is 0.431 e. The number of carboxylic acid groups (broad SMARTS) is 1. The summed E-state index contributed by atoms with van der Waals surface area (Å²) in [5, 5.41) is 8.68. The van der Waals surface area contributed by atoms with Gasteiger partial charge in [0.05, 0.1) is 5.56 Å². The van der Waals surface area contributed by atoms with E-state index in [-0.39, 0.29) is 0 Å². The van der Waals surface area contributed by atoms with E-state index in [2.05, 4.69) is 0 Å². The largest absolute Gasteiger partial charge is 0.478 e. The molecule has 0 bridgehead atoms. The molecule has 100 valence electrons. The van der Waals surface area contributed by atoms with Crippen LogP contribution < -0.4 is 5.56 Å². The van der Waals surface area contributed by atoms with Gasteiger partial charge in [-0.3, -0.25) is 9.36 Å². The lowest BCUT2D eigenvalue weighted by atomic mass is 10.1. The fourth-order valence-electron chi connectivity index (χ4n) is 1.59. The van der Waals surface area contributed by atoms with Gasteiger partial charge in [0, 0.05) is 11.6 Å². The van der Waals surface area contributed by atoms with Crippen molar-refractivity contribution in [2.24, 2.45) is 0 Å². The number of alkyl halides is 3. The molecular weight excluding hydrogens is 251 g/mol. The maximum atomic E-state index is 12.8. The van der Waals surface area contributed by atoms with Gasteiger partial charge < -0.3 is 5.11 Å². The zero-order chi connectivity index (χ0) is 14.3. The number of aromatic carboxylic acids is 1. The van der Waals surface area contributed by atoms with Gasteiger partial charge in [-0.15, -0.1) is 0 Å². The van der Waals surface area contributed by atoms with Crippen LogP contribution in [0.15, 0.2) is 16.9 Å². The first-order chi connectivity index (χ1) is 7.94. The van der Waals surface area contributed by atoms with Crippen LogP contribution in [0.2, 0.25) is 0 Å². The molecule has 0 aliphatic heterocycles. The van der Waals surface area contributed by atoms with Crippen LogP contribution in [0, 0.1) is 0 Å². The fourth-order valence-corrected chi connectivity index (χ4v) is 1.59. The highest BCUT2D eigenvalue weighted by Crippen LogP contribution is 2.31. The molecule has 0 saturated heterocycles. The summed E-state index contributed by atoms with van der Waals surface area (Å²) >= 11 is 0. The quantitative estimate of drug-likeness (QED) is 0.845. The van der Waals surface area contributed by atoms with E-state index >= 15 is 0 Å². The van der Waals surface area contributed by atoms with E-state index in [1.54, 1.807) is 0 Å². The van der Waals surface area contributed by atoms with Crippen LogP contribution in [0.25, 0.3) is 0 Å². The third kappa shape index (κ3) is 2.72. The van der Waals surface area contributed by atoms with Crippen LogP contribution in [0.1, 0.15) is 36.8 Å². The van der Waals surface area contributed by atoms with Crippen molar-refractivity contribution in [1.29, 1.82) is 0 Å². The number of hydrogen-bond acceptors (Lipinski definition) is 2. The monoisotopic (exact) mass is 263 g/mol. The second-order valence-corrected chi connectivity index (χ2v) is 4.78. The third-order valence-electron chi connectivity index (χ3n) is 2.24. The van der Waals surface area contributed by atoms with Crippen molar-refractivity contribution < 1.29 is 23.1 Å². The summed E-state index contributed by atoms with van der Waals surface area (Å²) in [5.41, 5.74) is -4.03. The molecule has 0 atom stereocenters. The molecule has 0 fully saturated rings. The molecule has 1 aromatic rings. The van der Waals surface area contributed by atoms with Crippen molar-refractivity contribution in [3.8, 4) is 0 Å². The average Bonchev–Trinajstić information content (AvgIpc) is 2.12. The molecule has 0 saturated carbocycles. The number of carboxylic acids is 1. The number of aromatic nitrogens is 1. The number of hydrogen-bond donors (Lipinski definition) is 1. The van der Waals surface area contributed by atoms with Crippen molar-refractivity contribution in [2.75, 3.05) is 0 Å². The number of nitrogens with zero attached hydrogens (tertiary/aromatic N) is 1. The molecule has 1 aromatic heterocycles. The summed E-state index contributed by atoms with van der Waals surface area (Å²) in [5.74, 6) is -1.57. The minimum atomic E-state index is -4.79. The number of rotatable bonds is 1. The predicted octanol–water partition coefficient (Wildman–Crippen LogP) is 2.32. The third-order valence-corrected chi connectivity index (χ3v) is 2.24. The minimum Gasteiger partial charge on any atom is -0.478 e. The summed E-state index contributed by atoms with van der Waals surface area (Å²) < 4.78 is 39.1. The molecule has 18 heavy (non-hydrogen) atoms. The van der Waals surface area contributed by atoms with Crippen LogP contribution >= 0.6 is 0 Å². The molecule has 1 heterocycles. The van der Waals surface area contributed by atoms with Crippen molar-refractivity contribution in [3.05, 3.63) is 33.7 Å². The Morgan fingerprint density at radius 1 is 1.22 bits per heavy atom. The average molecular weight is 263 g/mol. The topological polar surface area (TPSA) is 59.3 Å². The highest BCUT2D eigenvalue weighted by atomic mass is 19.4. The molecule has 0 unspecified atom stereocenters. The van der Waals surface area contributed by atoms with E-state index < -0.39 is 34.5 Å². The Labute approximate surface area is 101 Å². The molecule has 1 N–H and O–H groups in total. The van der Waals surface area contributed by atoms with Gasteiger partial charge in [-0.25, -0.2) is 4.79 Å². The molecular formula is C11H12F3NO3. The van der Waals surface area contributed by atoms with Crippen molar-refractivity contribution in [3.63, 3.8) is 0 Å². The van der Waals surface area contributed by atoms with Gasteiger partial charge in [0.1, 0.15) is 5.69 Å². The van der Waals surface area contributed by atoms with Gasteiger partial charge >= 0.3 is 12.1 Å². The molecule has 0 aromatic carbocycles. The fraction of sp³-hybridized carbons (Fsp3) is 0.455. The van der Waals surface area contributed by atoms with E-state index in [9.17, 15) is 22.8 Å². The number of pyridine rings is 1. The van der Waals surface area contributed by atoms with Crippen LogP contribution in [0.4, 0.5) is 13.2 Å². The van der Waals surface area contributed by atoms with Gasteiger partial charge in [0.15, 0.2) is 0 Å². The van der Waals surface area contributed by atoms with Crippen LogP contribution in [0.3, 0.4) is 0 Å². The highest BCUT2D eigenvalue weighted by molar-refractivity contribution is 5.87. The van der Waals surface area contributed by atoms with E-state index in [1.165, 1.54) is 20.8 Å². The van der Waals surface area contributed by atoms with E-state index in [4.69, 9.17) is 5.11 Å². The van der Waals surface area contributed by atoms with E-state index in [0.29, 0.717) is 16.7 Å².